The summed E-state index contributed by atoms with van der Waals surface area (Å²) < 4.78 is 4.54. The Morgan fingerprint density at radius 2 is 2.35 bits per heavy atom. The van der Waals surface area contributed by atoms with E-state index < -0.39 is 0 Å². The summed E-state index contributed by atoms with van der Waals surface area (Å²) in [6.45, 7) is 1.93. The van der Waals surface area contributed by atoms with Crippen LogP contribution >= 0.6 is 0 Å². The van der Waals surface area contributed by atoms with Gasteiger partial charge in [0, 0.05) is 5.56 Å². The van der Waals surface area contributed by atoms with Gasteiger partial charge in [0.2, 0.25) is 6.39 Å². The molecule has 0 aliphatic heterocycles. The van der Waals surface area contributed by atoms with Gasteiger partial charge in [-0.05, 0) is 30.7 Å². The van der Waals surface area contributed by atoms with Gasteiger partial charge in [0.15, 0.2) is 5.82 Å². The molecule has 0 aliphatic carbocycles. The van der Waals surface area contributed by atoms with Crippen LogP contribution in [0.15, 0.2) is 29.1 Å². The number of hydrogen-bond donors (Lipinski definition) is 2. The highest BCUT2D eigenvalue weighted by Gasteiger charge is 2.08. The molecule has 0 bridgehead atoms. The number of carbonyl (C=O) groups excluding carboxylic acids is 1. The van der Waals surface area contributed by atoms with Gasteiger partial charge in [-0.2, -0.15) is 4.98 Å². The van der Waals surface area contributed by atoms with Crippen molar-refractivity contribution in [3.05, 3.63) is 41.5 Å². The quantitative estimate of drug-likeness (QED) is 0.826. The molecule has 0 saturated heterocycles. The zero-order valence-electron chi connectivity index (χ0n) is 9.17. The van der Waals surface area contributed by atoms with E-state index in [4.69, 9.17) is 0 Å². The molecule has 88 valence electrons. The molecule has 0 atom stereocenters. The van der Waals surface area contributed by atoms with Gasteiger partial charge in [0.25, 0.3) is 5.91 Å². The standard InChI is InChI=1S/C11H11N3O3/c1-7-4-8(2-3-9(7)15)11(16)12-5-10-13-6-17-14-10/h2-4,6,15H,5H2,1H3,(H,12,16). The van der Waals surface area contributed by atoms with Gasteiger partial charge in [-0.15, -0.1) is 0 Å². The van der Waals surface area contributed by atoms with Crippen molar-refractivity contribution in [1.82, 2.24) is 15.5 Å². The number of carbonyl (C=O) groups is 1. The van der Waals surface area contributed by atoms with Gasteiger partial charge in [0.1, 0.15) is 5.75 Å². The molecule has 1 amide bonds. The predicted octanol–water partition coefficient (Wildman–Crippen LogP) is 1.01. The van der Waals surface area contributed by atoms with Gasteiger partial charge in [0.05, 0.1) is 6.54 Å². The topological polar surface area (TPSA) is 88.3 Å². The van der Waals surface area contributed by atoms with Crippen LogP contribution in [0.4, 0.5) is 0 Å². The number of rotatable bonds is 3. The van der Waals surface area contributed by atoms with Gasteiger partial charge >= 0.3 is 0 Å². The first-order chi connectivity index (χ1) is 8.16. The third-order valence-electron chi connectivity index (χ3n) is 2.27. The van der Waals surface area contributed by atoms with E-state index in [1.54, 1.807) is 19.1 Å². The van der Waals surface area contributed by atoms with Gasteiger partial charge < -0.3 is 14.9 Å². The molecule has 0 fully saturated rings. The number of aromatic hydroxyl groups is 1. The molecule has 0 unspecified atom stereocenters. The minimum atomic E-state index is -0.252. The van der Waals surface area contributed by atoms with Crippen LogP contribution in [0.1, 0.15) is 21.7 Å². The fourth-order valence-corrected chi connectivity index (χ4v) is 1.33. The number of nitrogens with zero attached hydrogens (tertiary/aromatic N) is 2. The molecule has 17 heavy (non-hydrogen) atoms. The Morgan fingerprint density at radius 1 is 1.53 bits per heavy atom. The summed E-state index contributed by atoms with van der Waals surface area (Å²) in [5.41, 5.74) is 1.13. The molecule has 1 aromatic carbocycles. The van der Waals surface area contributed by atoms with Crippen molar-refractivity contribution in [2.45, 2.75) is 13.5 Å². The maximum absolute atomic E-state index is 11.7. The van der Waals surface area contributed by atoms with Crippen molar-refractivity contribution in [3.8, 4) is 5.75 Å². The number of phenolic OH excluding ortho intramolecular Hbond substituents is 1. The lowest BCUT2D eigenvalue weighted by atomic mass is 10.1. The van der Waals surface area contributed by atoms with E-state index in [9.17, 15) is 9.90 Å². The van der Waals surface area contributed by atoms with Crippen molar-refractivity contribution in [2.75, 3.05) is 0 Å². The highest BCUT2D eigenvalue weighted by atomic mass is 16.5. The summed E-state index contributed by atoms with van der Waals surface area (Å²) in [6, 6.07) is 4.65. The zero-order chi connectivity index (χ0) is 12.3. The zero-order valence-corrected chi connectivity index (χ0v) is 9.17. The molecular weight excluding hydrogens is 222 g/mol. The Bertz CT molecular complexity index is 523. The fourth-order valence-electron chi connectivity index (χ4n) is 1.33. The monoisotopic (exact) mass is 233 g/mol. The summed E-state index contributed by atoms with van der Waals surface area (Å²) in [7, 11) is 0. The third kappa shape index (κ3) is 2.60. The minimum absolute atomic E-state index is 0.166. The van der Waals surface area contributed by atoms with E-state index >= 15 is 0 Å². The number of amides is 1. The average Bonchev–Trinajstić information content (AvgIpc) is 2.82. The normalized spacial score (nSPS) is 10.2. The molecule has 0 spiro atoms. The van der Waals surface area contributed by atoms with Gasteiger partial charge in [-0.25, -0.2) is 0 Å². The molecule has 2 rings (SSSR count). The maximum atomic E-state index is 11.7. The first kappa shape index (κ1) is 11.1. The summed E-state index contributed by atoms with van der Waals surface area (Å²) in [5, 5.41) is 15.6. The number of benzene rings is 1. The molecule has 6 heteroatoms. The second-order valence-corrected chi connectivity index (χ2v) is 3.53. The Hall–Kier alpha value is -2.37. The molecule has 6 nitrogen and oxygen atoms in total. The number of phenols is 1. The van der Waals surface area contributed by atoms with E-state index in [0.717, 1.165) is 0 Å². The maximum Gasteiger partial charge on any atom is 0.251 e. The Labute approximate surface area is 97.3 Å². The van der Waals surface area contributed by atoms with Crippen LogP contribution in [-0.2, 0) is 6.54 Å². The molecule has 1 heterocycles. The third-order valence-corrected chi connectivity index (χ3v) is 2.27. The average molecular weight is 233 g/mol. The lowest BCUT2D eigenvalue weighted by molar-refractivity contribution is 0.0949. The summed E-state index contributed by atoms with van der Waals surface area (Å²) in [4.78, 5) is 15.5. The first-order valence-corrected chi connectivity index (χ1v) is 5.00. The first-order valence-electron chi connectivity index (χ1n) is 5.00. The lowest BCUT2D eigenvalue weighted by Crippen LogP contribution is -2.23. The van der Waals surface area contributed by atoms with Crippen LogP contribution in [0, 0.1) is 6.92 Å². The summed E-state index contributed by atoms with van der Waals surface area (Å²) >= 11 is 0. The van der Waals surface area contributed by atoms with E-state index in [1.165, 1.54) is 12.5 Å². The second kappa shape index (κ2) is 4.65. The molecule has 0 aliphatic rings. The molecular formula is C11H11N3O3. The van der Waals surface area contributed by atoms with Gasteiger partial charge in [-0.3, -0.25) is 4.79 Å². The molecule has 2 aromatic rings. The second-order valence-electron chi connectivity index (χ2n) is 3.53. The highest BCUT2D eigenvalue weighted by Crippen LogP contribution is 2.16. The van der Waals surface area contributed by atoms with Crippen LogP contribution in [0.5, 0.6) is 5.75 Å². The van der Waals surface area contributed by atoms with Crippen LogP contribution in [0.2, 0.25) is 0 Å². The van der Waals surface area contributed by atoms with Crippen LogP contribution in [0.25, 0.3) is 0 Å². The molecule has 0 radical (unpaired) electrons. The molecule has 2 N–H and O–H groups in total. The summed E-state index contributed by atoms with van der Waals surface area (Å²) in [5.74, 6) is 0.325. The fraction of sp³-hybridized carbons (Fsp3) is 0.182. The van der Waals surface area contributed by atoms with Crippen LogP contribution in [-0.4, -0.2) is 21.2 Å². The number of nitrogens with one attached hydrogen (secondary N) is 1. The van der Waals surface area contributed by atoms with Crippen molar-refractivity contribution < 1.29 is 14.4 Å². The highest BCUT2D eigenvalue weighted by molar-refractivity contribution is 5.94. The van der Waals surface area contributed by atoms with E-state index in [0.29, 0.717) is 17.0 Å². The van der Waals surface area contributed by atoms with Crippen molar-refractivity contribution in [1.29, 1.82) is 0 Å². The van der Waals surface area contributed by atoms with E-state index in [-0.39, 0.29) is 18.2 Å². The Kier molecular flexibility index (Phi) is 3.04. The lowest BCUT2D eigenvalue weighted by Gasteiger charge is -2.04. The molecule has 0 saturated carbocycles. The number of aryl methyl sites for hydroxylation is 1. The van der Waals surface area contributed by atoms with E-state index in [2.05, 4.69) is 20.0 Å². The Morgan fingerprint density at radius 3 is 3.00 bits per heavy atom. The predicted molar refractivity (Wildman–Crippen MR) is 58.3 cm³/mol. The Balaban J connectivity index is 2.02. The number of hydrogen-bond acceptors (Lipinski definition) is 5. The molecule has 1 aromatic heterocycles. The van der Waals surface area contributed by atoms with Crippen LogP contribution < -0.4 is 5.32 Å². The largest absolute Gasteiger partial charge is 0.508 e. The SMILES string of the molecule is Cc1cc(C(=O)NCc2ncon2)ccc1O. The van der Waals surface area contributed by atoms with Crippen molar-refractivity contribution in [2.24, 2.45) is 0 Å². The summed E-state index contributed by atoms with van der Waals surface area (Å²) in [6.07, 6.45) is 1.20. The minimum Gasteiger partial charge on any atom is -0.508 e. The van der Waals surface area contributed by atoms with Gasteiger partial charge in [-0.1, -0.05) is 5.16 Å². The number of aromatic nitrogens is 2. The van der Waals surface area contributed by atoms with E-state index in [1.807, 2.05) is 0 Å². The smallest absolute Gasteiger partial charge is 0.251 e. The van der Waals surface area contributed by atoms with Crippen molar-refractivity contribution >= 4 is 5.91 Å². The van der Waals surface area contributed by atoms with Crippen LogP contribution in [0.3, 0.4) is 0 Å². The van der Waals surface area contributed by atoms with Crippen molar-refractivity contribution in [3.63, 3.8) is 0 Å².